The minimum Gasteiger partial charge on any atom is -0.347 e. The van der Waals surface area contributed by atoms with E-state index in [2.05, 4.69) is 47.2 Å². The molecule has 0 radical (unpaired) electrons. The largest absolute Gasteiger partial charge is 0.347 e. The second kappa shape index (κ2) is 10.4. The van der Waals surface area contributed by atoms with E-state index in [0.717, 1.165) is 24.4 Å². The van der Waals surface area contributed by atoms with Gasteiger partial charge < -0.3 is 4.57 Å². The van der Waals surface area contributed by atoms with Crippen LogP contribution in [-0.2, 0) is 13.0 Å². The quantitative estimate of drug-likeness (QED) is 0.328. The Morgan fingerprint density at radius 2 is 1.59 bits per heavy atom. The molecule has 0 saturated heterocycles. The highest BCUT2D eigenvalue weighted by molar-refractivity contribution is 5.94. The maximum atomic E-state index is 11.5. The van der Waals surface area contributed by atoms with Crippen LogP contribution >= 0.6 is 0 Å². The summed E-state index contributed by atoms with van der Waals surface area (Å²) in [5.41, 5.74) is 4.79. The Bertz CT molecular complexity index is 911. The molecule has 0 bridgehead atoms. The number of hydrogen-bond acceptors (Lipinski definition) is 1. The predicted molar refractivity (Wildman–Crippen MR) is 124 cm³/mol. The van der Waals surface area contributed by atoms with Gasteiger partial charge in [-0.2, -0.15) is 0 Å². The van der Waals surface area contributed by atoms with E-state index < -0.39 is 0 Å². The molecule has 1 saturated carbocycles. The lowest BCUT2D eigenvalue weighted by molar-refractivity contribution is 0.101. The smallest absolute Gasteiger partial charge is 0.159 e. The molecule has 1 heterocycles. The number of Topliss-reactive ketones (excluding diaryl/α,β-unsaturated/α-hetero) is 1. The zero-order valence-electron chi connectivity index (χ0n) is 18.3. The standard InChI is InChI=1S/C25H29NO.C2H6/c1-19(27)22-14-12-20(13-15-22)16-23-18-26(25-11-7-6-10-24(23)25)17-21-8-4-2-3-5-9-21;1-2/h6-7,10-15,18,21H,2-5,8-9,16-17H2,1H3;1-2H3. The summed E-state index contributed by atoms with van der Waals surface area (Å²) in [5, 5.41) is 1.36. The van der Waals surface area contributed by atoms with Crippen LogP contribution in [0.1, 0.15) is 80.8 Å². The van der Waals surface area contributed by atoms with Crippen molar-refractivity contribution < 1.29 is 4.79 Å². The van der Waals surface area contributed by atoms with E-state index in [1.54, 1.807) is 6.92 Å². The van der Waals surface area contributed by atoms with Gasteiger partial charge in [0, 0.05) is 29.2 Å². The van der Waals surface area contributed by atoms with Crippen LogP contribution in [0.3, 0.4) is 0 Å². The second-order valence-electron chi connectivity index (χ2n) is 8.11. The molecule has 2 nitrogen and oxygen atoms in total. The maximum Gasteiger partial charge on any atom is 0.159 e. The summed E-state index contributed by atoms with van der Waals surface area (Å²) in [4.78, 5) is 11.5. The molecule has 29 heavy (non-hydrogen) atoms. The molecule has 154 valence electrons. The molecular weight excluding hydrogens is 354 g/mol. The van der Waals surface area contributed by atoms with Crippen molar-refractivity contribution in [2.45, 2.75) is 72.3 Å². The first-order valence-electron chi connectivity index (χ1n) is 11.4. The van der Waals surface area contributed by atoms with Crippen LogP contribution in [-0.4, -0.2) is 10.4 Å². The minimum atomic E-state index is 0.126. The number of carbonyl (C=O) groups excluding carboxylic acids is 1. The van der Waals surface area contributed by atoms with Crippen LogP contribution < -0.4 is 0 Å². The Balaban J connectivity index is 0.00000117. The fraction of sp³-hybridized carbons (Fsp3) is 0.444. The normalized spacial score (nSPS) is 14.9. The van der Waals surface area contributed by atoms with Gasteiger partial charge in [0.1, 0.15) is 0 Å². The third kappa shape index (κ3) is 5.38. The van der Waals surface area contributed by atoms with E-state index in [-0.39, 0.29) is 5.78 Å². The SMILES string of the molecule is CC.CC(=O)c1ccc(Cc2cn(CC3CCCCCC3)c3ccccc23)cc1. The Labute approximate surface area is 175 Å². The summed E-state index contributed by atoms with van der Waals surface area (Å²) in [5.74, 6) is 0.938. The van der Waals surface area contributed by atoms with E-state index >= 15 is 0 Å². The Morgan fingerprint density at radius 1 is 0.931 bits per heavy atom. The maximum absolute atomic E-state index is 11.5. The average Bonchev–Trinajstić information content (AvgIpc) is 2.91. The number of carbonyl (C=O) groups is 1. The highest BCUT2D eigenvalue weighted by atomic mass is 16.1. The number of fused-ring (bicyclic) bond motifs is 1. The van der Waals surface area contributed by atoms with Crippen LogP contribution in [0.5, 0.6) is 0 Å². The highest BCUT2D eigenvalue weighted by Crippen LogP contribution is 2.29. The van der Waals surface area contributed by atoms with Crippen LogP contribution in [0.15, 0.2) is 54.7 Å². The lowest BCUT2D eigenvalue weighted by Crippen LogP contribution is -2.09. The summed E-state index contributed by atoms with van der Waals surface area (Å²) in [7, 11) is 0. The molecule has 1 aliphatic rings. The fourth-order valence-electron chi connectivity index (χ4n) is 4.52. The molecule has 3 aromatic rings. The van der Waals surface area contributed by atoms with Crippen LogP contribution in [0.4, 0.5) is 0 Å². The molecule has 0 N–H and O–H groups in total. The van der Waals surface area contributed by atoms with Gasteiger partial charge in [0.25, 0.3) is 0 Å². The molecule has 0 atom stereocenters. The number of benzene rings is 2. The van der Waals surface area contributed by atoms with E-state index in [9.17, 15) is 4.79 Å². The minimum absolute atomic E-state index is 0.126. The lowest BCUT2D eigenvalue weighted by atomic mass is 10.0. The first-order valence-corrected chi connectivity index (χ1v) is 11.4. The van der Waals surface area contributed by atoms with Crippen molar-refractivity contribution in [2.24, 2.45) is 5.92 Å². The number of aromatic nitrogens is 1. The summed E-state index contributed by atoms with van der Waals surface area (Å²) in [6, 6.07) is 16.9. The van der Waals surface area contributed by atoms with E-state index in [4.69, 9.17) is 0 Å². The van der Waals surface area contributed by atoms with Gasteiger partial charge in [0.15, 0.2) is 5.78 Å². The summed E-state index contributed by atoms with van der Waals surface area (Å²) < 4.78 is 2.49. The monoisotopic (exact) mass is 389 g/mol. The Hall–Kier alpha value is -2.35. The van der Waals surface area contributed by atoms with E-state index in [1.807, 2.05) is 26.0 Å². The van der Waals surface area contributed by atoms with Crippen LogP contribution in [0.2, 0.25) is 0 Å². The van der Waals surface area contributed by atoms with Gasteiger partial charge in [-0.1, -0.05) is 82.0 Å². The molecule has 1 aliphatic carbocycles. The van der Waals surface area contributed by atoms with Crippen LogP contribution in [0.25, 0.3) is 10.9 Å². The topological polar surface area (TPSA) is 22.0 Å². The first-order chi connectivity index (χ1) is 14.2. The first kappa shape index (κ1) is 21.4. The third-order valence-corrected chi connectivity index (χ3v) is 6.06. The Morgan fingerprint density at radius 3 is 2.24 bits per heavy atom. The number of hydrogen-bond donors (Lipinski definition) is 0. The van der Waals surface area contributed by atoms with Crippen molar-refractivity contribution in [3.8, 4) is 0 Å². The molecule has 4 rings (SSSR count). The van der Waals surface area contributed by atoms with Crippen molar-refractivity contribution in [3.63, 3.8) is 0 Å². The number of ketones is 1. The van der Waals surface area contributed by atoms with Crippen LogP contribution in [0, 0.1) is 5.92 Å². The number of nitrogens with zero attached hydrogens (tertiary/aromatic N) is 1. The van der Waals surface area contributed by atoms with Gasteiger partial charge in [-0.3, -0.25) is 4.79 Å². The van der Waals surface area contributed by atoms with Gasteiger partial charge in [0.05, 0.1) is 0 Å². The zero-order valence-corrected chi connectivity index (χ0v) is 18.3. The van der Waals surface area contributed by atoms with E-state index in [1.165, 1.54) is 60.6 Å². The third-order valence-electron chi connectivity index (χ3n) is 6.06. The molecule has 0 amide bonds. The second-order valence-corrected chi connectivity index (χ2v) is 8.11. The van der Waals surface area contributed by atoms with Gasteiger partial charge in [-0.25, -0.2) is 0 Å². The van der Waals surface area contributed by atoms with Crippen molar-refractivity contribution in [1.29, 1.82) is 0 Å². The number of rotatable bonds is 5. The summed E-state index contributed by atoms with van der Waals surface area (Å²) in [6.07, 6.45) is 11.6. The molecule has 1 aromatic heterocycles. The summed E-state index contributed by atoms with van der Waals surface area (Å²) >= 11 is 0. The molecule has 2 heteroatoms. The molecule has 0 aliphatic heterocycles. The molecule has 0 unspecified atom stereocenters. The van der Waals surface area contributed by atoms with Crippen molar-refractivity contribution in [1.82, 2.24) is 4.57 Å². The Kier molecular flexibility index (Phi) is 7.69. The molecular formula is C27H35NO. The van der Waals surface area contributed by atoms with Crippen molar-refractivity contribution >= 4 is 16.7 Å². The van der Waals surface area contributed by atoms with E-state index in [0.29, 0.717) is 0 Å². The lowest BCUT2D eigenvalue weighted by Gasteiger charge is -2.15. The molecule has 0 spiro atoms. The average molecular weight is 390 g/mol. The highest BCUT2D eigenvalue weighted by Gasteiger charge is 2.15. The van der Waals surface area contributed by atoms with Gasteiger partial charge in [0.2, 0.25) is 0 Å². The van der Waals surface area contributed by atoms with Crippen molar-refractivity contribution in [3.05, 3.63) is 71.4 Å². The number of para-hydroxylation sites is 1. The van der Waals surface area contributed by atoms with Gasteiger partial charge in [-0.05, 0) is 49.3 Å². The zero-order chi connectivity index (χ0) is 20.6. The van der Waals surface area contributed by atoms with Gasteiger partial charge in [-0.15, -0.1) is 0 Å². The molecule has 1 fully saturated rings. The fourth-order valence-corrected chi connectivity index (χ4v) is 4.52. The summed E-state index contributed by atoms with van der Waals surface area (Å²) in [6.45, 7) is 6.76. The molecule has 2 aromatic carbocycles. The van der Waals surface area contributed by atoms with Crippen molar-refractivity contribution in [2.75, 3.05) is 0 Å². The predicted octanol–water partition coefficient (Wildman–Crippen LogP) is 7.43. The van der Waals surface area contributed by atoms with Gasteiger partial charge >= 0.3 is 0 Å².